The lowest BCUT2D eigenvalue weighted by Crippen LogP contribution is -2.03. The Hall–Kier alpha value is -1.33. The van der Waals surface area contributed by atoms with Crippen LogP contribution in [0.25, 0.3) is 10.4 Å². The molecule has 0 aromatic carbocycles. The largest absolute Gasteiger partial charge is 0.465 e. The van der Waals surface area contributed by atoms with E-state index in [0.29, 0.717) is 10.6 Å². The van der Waals surface area contributed by atoms with E-state index in [4.69, 9.17) is 10.5 Å². The normalized spacial score (nSPS) is 10.9. The van der Waals surface area contributed by atoms with Crippen molar-refractivity contribution in [1.82, 2.24) is 0 Å². The molecule has 0 saturated heterocycles. The SMILES string of the molecule is COC(=O)c1sc(-c2ccsc2)c(C(C)C)c1N. The Kier molecular flexibility index (Phi) is 3.73. The summed E-state index contributed by atoms with van der Waals surface area (Å²) in [4.78, 5) is 13.3. The lowest BCUT2D eigenvalue weighted by Gasteiger charge is -2.07. The zero-order chi connectivity index (χ0) is 13.3. The minimum absolute atomic E-state index is 0.273. The lowest BCUT2D eigenvalue weighted by molar-refractivity contribution is 0.0607. The summed E-state index contributed by atoms with van der Waals surface area (Å²) in [6, 6.07) is 2.04. The summed E-state index contributed by atoms with van der Waals surface area (Å²) in [5, 5.41) is 4.09. The standard InChI is InChI=1S/C13H15NO2S2/c1-7(2)9-10(14)12(13(15)16-3)18-11(9)8-4-5-17-6-8/h4-7H,14H2,1-3H3. The second kappa shape index (κ2) is 5.12. The van der Waals surface area contributed by atoms with Crippen molar-refractivity contribution in [2.75, 3.05) is 12.8 Å². The van der Waals surface area contributed by atoms with Crippen molar-refractivity contribution in [3.8, 4) is 10.4 Å². The van der Waals surface area contributed by atoms with Gasteiger partial charge < -0.3 is 10.5 Å². The second-order valence-electron chi connectivity index (χ2n) is 4.25. The van der Waals surface area contributed by atoms with E-state index in [-0.39, 0.29) is 11.9 Å². The van der Waals surface area contributed by atoms with Crippen LogP contribution in [0.3, 0.4) is 0 Å². The summed E-state index contributed by atoms with van der Waals surface area (Å²) in [5.74, 6) is -0.0876. The minimum atomic E-state index is -0.360. The van der Waals surface area contributed by atoms with Gasteiger partial charge in [-0.1, -0.05) is 13.8 Å². The van der Waals surface area contributed by atoms with Gasteiger partial charge in [0, 0.05) is 10.4 Å². The molecule has 2 rings (SSSR count). The van der Waals surface area contributed by atoms with Crippen molar-refractivity contribution < 1.29 is 9.53 Å². The van der Waals surface area contributed by atoms with Gasteiger partial charge in [0.05, 0.1) is 12.8 Å². The van der Waals surface area contributed by atoms with Crippen LogP contribution in [0.5, 0.6) is 0 Å². The van der Waals surface area contributed by atoms with Crippen molar-refractivity contribution in [1.29, 1.82) is 0 Å². The van der Waals surface area contributed by atoms with Gasteiger partial charge in [-0.2, -0.15) is 11.3 Å². The molecule has 5 heteroatoms. The maximum Gasteiger partial charge on any atom is 0.350 e. The van der Waals surface area contributed by atoms with Crippen molar-refractivity contribution in [2.45, 2.75) is 19.8 Å². The van der Waals surface area contributed by atoms with E-state index in [1.807, 2.05) is 11.4 Å². The fraction of sp³-hybridized carbons (Fsp3) is 0.308. The highest BCUT2D eigenvalue weighted by Gasteiger charge is 2.24. The van der Waals surface area contributed by atoms with Crippen molar-refractivity contribution in [2.24, 2.45) is 0 Å². The average Bonchev–Trinajstić information content (AvgIpc) is 2.94. The number of nitrogen functional groups attached to an aromatic ring is 1. The van der Waals surface area contributed by atoms with Crippen molar-refractivity contribution in [3.05, 3.63) is 27.3 Å². The van der Waals surface area contributed by atoms with Gasteiger partial charge in [0.15, 0.2) is 0 Å². The molecule has 18 heavy (non-hydrogen) atoms. The molecule has 2 heterocycles. The van der Waals surface area contributed by atoms with Crippen LogP contribution >= 0.6 is 22.7 Å². The monoisotopic (exact) mass is 281 g/mol. The molecule has 0 radical (unpaired) electrons. The van der Waals surface area contributed by atoms with Gasteiger partial charge in [0.25, 0.3) is 0 Å². The molecule has 0 aliphatic heterocycles. The van der Waals surface area contributed by atoms with Crippen molar-refractivity contribution in [3.63, 3.8) is 0 Å². The Morgan fingerprint density at radius 3 is 2.67 bits per heavy atom. The average molecular weight is 281 g/mol. The number of methoxy groups -OCH3 is 1. The zero-order valence-corrected chi connectivity index (χ0v) is 12.2. The highest BCUT2D eigenvalue weighted by molar-refractivity contribution is 7.18. The third-order valence-corrected chi connectivity index (χ3v) is 4.65. The van der Waals surface area contributed by atoms with Gasteiger partial charge in [0.2, 0.25) is 0 Å². The number of ether oxygens (including phenoxy) is 1. The zero-order valence-electron chi connectivity index (χ0n) is 10.5. The van der Waals surface area contributed by atoms with Gasteiger partial charge in [-0.05, 0) is 28.3 Å². The first kappa shape index (κ1) is 13.1. The molecule has 0 unspecified atom stereocenters. The van der Waals surface area contributed by atoms with E-state index in [1.54, 1.807) is 11.3 Å². The number of rotatable bonds is 3. The summed E-state index contributed by atoms with van der Waals surface area (Å²) in [6.45, 7) is 4.16. The Balaban J connectivity index is 2.62. The number of hydrogen-bond acceptors (Lipinski definition) is 5. The Morgan fingerprint density at radius 1 is 1.44 bits per heavy atom. The smallest absolute Gasteiger partial charge is 0.350 e. The lowest BCUT2D eigenvalue weighted by atomic mass is 9.99. The van der Waals surface area contributed by atoms with Crippen LogP contribution in [0.15, 0.2) is 16.8 Å². The summed E-state index contributed by atoms with van der Waals surface area (Å²) in [6.07, 6.45) is 0. The summed E-state index contributed by atoms with van der Waals surface area (Å²) < 4.78 is 4.78. The number of esters is 1. The molecular weight excluding hydrogens is 266 g/mol. The predicted octanol–water partition coefficient (Wildman–Crippen LogP) is 3.97. The third-order valence-electron chi connectivity index (χ3n) is 2.72. The first-order valence-electron chi connectivity index (χ1n) is 5.59. The second-order valence-corrected chi connectivity index (χ2v) is 6.05. The molecule has 0 atom stereocenters. The van der Waals surface area contributed by atoms with E-state index in [1.165, 1.54) is 18.4 Å². The van der Waals surface area contributed by atoms with Crippen LogP contribution < -0.4 is 5.73 Å². The molecule has 2 aromatic rings. The maximum atomic E-state index is 11.7. The van der Waals surface area contributed by atoms with Gasteiger partial charge in [-0.15, -0.1) is 11.3 Å². The van der Waals surface area contributed by atoms with Crippen LogP contribution in [-0.2, 0) is 4.74 Å². The first-order valence-corrected chi connectivity index (χ1v) is 7.35. The number of carbonyl (C=O) groups excluding carboxylic acids is 1. The number of carbonyl (C=O) groups is 1. The Bertz CT molecular complexity index is 556. The topological polar surface area (TPSA) is 52.3 Å². The summed E-state index contributed by atoms with van der Waals surface area (Å²) >= 11 is 3.05. The molecule has 0 fully saturated rings. The predicted molar refractivity (Wildman–Crippen MR) is 77.5 cm³/mol. The summed E-state index contributed by atoms with van der Waals surface area (Å²) in [5.41, 5.74) is 8.82. The van der Waals surface area contributed by atoms with Gasteiger partial charge in [-0.3, -0.25) is 0 Å². The molecule has 0 spiro atoms. The maximum absolute atomic E-state index is 11.7. The number of hydrogen-bond donors (Lipinski definition) is 1. The molecule has 0 bridgehead atoms. The van der Waals surface area contributed by atoms with Crippen LogP contribution in [0.1, 0.15) is 35.0 Å². The highest BCUT2D eigenvalue weighted by Crippen LogP contribution is 2.43. The fourth-order valence-corrected chi connectivity index (χ4v) is 3.89. The van der Waals surface area contributed by atoms with Gasteiger partial charge >= 0.3 is 5.97 Å². The van der Waals surface area contributed by atoms with E-state index in [2.05, 4.69) is 19.2 Å². The third kappa shape index (κ3) is 2.15. The van der Waals surface area contributed by atoms with Crippen LogP contribution in [0.4, 0.5) is 5.69 Å². The Morgan fingerprint density at radius 2 is 2.17 bits per heavy atom. The van der Waals surface area contributed by atoms with E-state index in [0.717, 1.165) is 16.0 Å². The molecule has 3 nitrogen and oxygen atoms in total. The molecule has 0 aliphatic rings. The minimum Gasteiger partial charge on any atom is -0.465 e. The van der Waals surface area contributed by atoms with Gasteiger partial charge in [-0.25, -0.2) is 4.79 Å². The summed E-state index contributed by atoms with van der Waals surface area (Å²) in [7, 11) is 1.38. The number of thiophene rings is 2. The number of nitrogens with two attached hydrogens (primary N) is 1. The Labute approximate surface area is 114 Å². The molecule has 0 amide bonds. The van der Waals surface area contributed by atoms with E-state index < -0.39 is 0 Å². The highest BCUT2D eigenvalue weighted by atomic mass is 32.1. The first-order chi connectivity index (χ1) is 8.56. The molecule has 96 valence electrons. The van der Waals surface area contributed by atoms with E-state index in [9.17, 15) is 4.79 Å². The quantitative estimate of drug-likeness (QED) is 0.866. The molecule has 0 aliphatic carbocycles. The van der Waals surface area contributed by atoms with Crippen LogP contribution in [-0.4, -0.2) is 13.1 Å². The van der Waals surface area contributed by atoms with Crippen molar-refractivity contribution >= 4 is 34.3 Å². The van der Waals surface area contributed by atoms with Gasteiger partial charge in [0.1, 0.15) is 4.88 Å². The molecular formula is C13H15NO2S2. The van der Waals surface area contributed by atoms with Crippen LogP contribution in [0, 0.1) is 0 Å². The van der Waals surface area contributed by atoms with Crippen LogP contribution in [0.2, 0.25) is 0 Å². The number of anilines is 1. The van der Waals surface area contributed by atoms with E-state index >= 15 is 0 Å². The fourth-order valence-electron chi connectivity index (χ4n) is 1.88. The molecule has 2 N–H and O–H groups in total. The molecule has 2 aromatic heterocycles. The molecule has 0 saturated carbocycles.